The van der Waals surface area contributed by atoms with Gasteiger partial charge < -0.3 is 9.88 Å². The number of imide groups is 1. The summed E-state index contributed by atoms with van der Waals surface area (Å²) in [6.45, 7) is 1.92. The molecule has 1 aliphatic heterocycles. The quantitative estimate of drug-likeness (QED) is 0.758. The van der Waals surface area contributed by atoms with Crippen LogP contribution in [-0.2, 0) is 22.1 Å². The maximum absolute atomic E-state index is 12.4. The van der Waals surface area contributed by atoms with Crippen LogP contribution in [0.3, 0.4) is 0 Å². The van der Waals surface area contributed by atoms with Crippen LogP contribution in [0.15, 0.2) is 30.3 Å². The van der Waals surface area contributed by atoms with Crippen LogP contribution >= 0.6 is 23.2 Å². The van der Waals surface area contributed by atoms with Crippen LogP contribution in [0.25, 0.3) is 0 Å². The zero-order chi connectivity index (χ0) is 19.8. The number of benzene rings is 1. The number of rotatable bonds is 4. The molecule has 1 aromatic heterocycles. The number of carbonyl (C=O) groups is 3. The highest BCUT2D eigenvalue weighted by molar-refractivity contribution is 6.42. The van der Waals surface area contributed by atoms with Crippen molar-refractivity contribution in [3.63, 3.8) is 0 Å². The Morgan fingerprint density at radius 2 is 1.93 bits per heavy atom. The van der Waals surface area contributed by atoms with Crippen molar-refractivity contribution in [3.8, 4) is 0 Å². The third-order valence-electron chi connectivity index (χ3n) is 5.11. The second kappa shape index (κ2) is 7.37. The summed E-state index contributed by atoms with van der Waals surface area (Å²) in [5.74, 6) is -0.857. The molecule has 0 saturated carbocycles. The van der Waals surface area contributed by atoms with Crippen molar-refractivity contribution in [2.75, 3.05) is 5.32 Å². The Labute approximate surface area is 166 Å². The van der Waals surface area contributed by atoms with E-state index in [1.807, 2.05) is 6.92 Å². The molecule has 8 heteroatoms. The second-order valence-electron chi connectivity index (χ2n) is 6.57. The number of anilines is 1. The number of hydrogen-bond acceptors (Lipinski definition) is 3. The molecule has 1 saturated heterocycles. The van der Waals surface area contributed by atoms with E-state index in [1.165, 1.54) is 10.6 Å². The topological polar surface area (TPSA) is 80.2 Å². The fraction of sp³-hybridized carbons (Fsp3) is 0.316. The van der Waals surface area contributed by atoms with Crippen LogP contribution < -0.4 is 10.6 Å². The highest BCUT2D eigenvalue weighted by atomic mass is 35.5. The molecular weight excluding hydrogens is 389 g/mol. The SMILES string of the molecule is CCC1(c2ccc(NC(=O)c3cc(Cl)c(Cl)n3C)cc2)CCC(=O)NC1=O. The summed E-state index contributed by atoms with van der Waals surface area (Å²) in [5.41, 5.74) is 1.01. The van der Waals surface area contributed by atoms with Gasteiger partial charge in [0.15, 0.2) is 0 Å². The molecule has 1 fully saturated rings. The van der Waals surface area contributed by atoms with Gasteiger partial charge in [-0.15, -0.1) is 0 Å². The molecule has 0 bridgehead atoms. The van der Waals surface area contributed by atoms with Crippen LogP contribution in [0, 0.1) is 0 Å². The van der Waals surface area contributed by atoms with Gasteiger partial charge in [-0.2, -0.15) is 0 Å². The van der Waals surface area contributed by atoms with E-state index in [0.29, 0.717) is 40.8 Å². The monoisotopic (exact) mass is 407 g/mol. The average molecular weight is 408 g/mol. The van der Waals surface area contributed by atoms with E-state index in [9.17, 15) is 14.4 Å². The third kappa shape index (κ3) is 3.47. The Kier molecular flexibility index (Phi) is 5.31. The van der Waals surface area contributed by atoms with Gasteiger partial charge >= 0.3 is 0 Å². The van der Waals surface area contributed by atoms with Crippen molar-refractivity contribution in [1.82, 2.24) is 9.88 Å². The van der Waals surface area contributed by atoms with Gasteiger partial charge in [0.05, 0.1) is 10.4 Å². The fourth-order valence-corrected chi connectivity index (χ4v) is 3.77. The summed E-state index contributed by atoms with van der Waals surface area (Å²) >= 11 is 11.9. The smallest absolute Gasteiger partial charge is 0.272 e. The van der Waals surface area contributed by atoms with E-state index in [-0.39, 0.29) is 17.7 Å². The van der Waals surface area contributed by atoms with Gasteiger partial charge in [-0.3, -0.25) is 19.7 Å². The molecule has 27 heavy (non-hydrogen) atoms. The number of nitrogens with one attached hydrogen (secondary N) is 2. The number of nitrogens with zero attached hydrogens (tertiary/aromatic N) is 1. The second-order valence-corrected chi connectivity index (χ2v) is 7.34. The van der Waals surface area contributed by atoms with Crippen LogP contribution in [0.2, 0.25) is 10.2 Å². The van der Waals surface area contributed by atoms with Gasteiger partial charge in [-0.25, -0.2) is 0 Å². The van der Waals surface area contributed by atoms with Crippen molar-refractivity contribution in [2.45, 2.75) is 31.6 Å². The Morgan fingerprint density at radius 3 is 2.44 bits per heavy atom. The lowest BCUT2D eigenvalue weighted by atomic mass is 9.72. The lowest BCUT2D eigenvalue weighted by Crippen LogP contribution is -2.51. The summed E-state index contributed by atoms with van der Waals surface area (Å²) in [5, 5.41) is 5.81. The number of aromatic nitrogens is 1. The molecule has 2 N–H and O–H groups in total. The standard InChI is InChI=1S/C19H19Cl2N3O3/c1-3-19(9-8-15(25)23-18(19)27)11-4-6-12(7-5-11)22-17(26)14-10-13(20)16(21)24(14)2/h4-7,10H,3,8-9H2,1-2H3,(H,22,26)(H,23,25,27). The number of hydrogen-bond donors (Lipinski definition) is 2. The van der Waals surface area contributed by atoms with Crippen LogP contribution in [0.4, 0.5) is 5.69 Å². The van der Waals surface area contributed by atoms with Crippen molar-refractivity contribution in [1.29, 1.82) is 0 Å². The van der Waals surface area contributed by atoms with E-state index in [0.717, 1.165) is 5.56 Å². The van der Waals surface area contributed by atoms with Crippen molar-refractivity contribution in [3.05, 3.63) is 51.8 Å². The first kappa shape index (κ1) is 19.5. The first-order valence-electron chi connectivity index (χ1n) is 8.55. The zero-order valence-electron chi connectivity index (χ0n) is 14.9. The van der Waals surface area contributed by atoms with Crippen LogP contribution in [0.1, 0.15) is 42.2 Å². The van der Waals surface area contributed by atoms with E-state index in [4.69, 9.17) is 23.2 Å². The Morgan fingerprint density at radius 1 is 1.26 bits per heavy atom. The molecule has 6 nitrogen and oxygen atoms in total. The van der Waals surface area contributed by atoms with Crippen LogP contribution in [0.5, 0.6) is 0 Å². The lowest BCUT2D eigenvalue weighted by Gasteiger charge is -2.35. The summed E-state index contributed by atoms with van der Waals surface area (Å²) in [7, 11) is 1.65. The predicted molar refractivity (Wildman–Crippen MR) is 104 cm³/mol. The summed E-state index contributed by atoms with van der Waals surface area (Å²) in [6, 6.07) is 8.59. The van der Waals surface area contributed by atoms with Crippen molar-refractivity contribution < 1.29 is 14.4 Å². The highest BCUT2D eigenvalue weighted by Gasteiger charge is 2.42. The molecule has 0 radical (unpaired) electrons. The van der Waals surface area contributed by atoms with E-state index in [2.05, 4.69) is 10.6 Å². The van der Waals surface area contributed by atoms with Crippen LogP contribution in [-0.4, -0.2) is 22.3 Å². The molecule has 142 valence electrons. The molecule has 3 amide bonds. The molecule has 1 aliphatic rings. The minimum atomic E-state index is -0.727. The maximum atomic E-state index is 12.4. The molecule has 2 heterocycles. The molecule has 1 unspecified atom stereocenters. The van der Waals surface area contributed by atoms with E-state index < -0.39 is 5.41 Å². The van der Waals surface area contributed by atoms with Gasteiger partial charge in [0.25, 0.3) is 5.91 Å². The number of carbonyl (C=O) groups excluding carboxylic acids is 3. The Bertz CT molecular complexity index is 921. The number of amides is 3. The third-order valence-corrected chi connectivity index (χ3v) is 5.96. The molecule has 1 atom stereocenters. The first-order chi connectivity index (χ1) is 12.8. The van der Waals surface area contributed by atoms with E-state index in [1.54, 1.807) is 31.3 Å². The largest absolute Gasteiger partial charge is 0.329 e. The lowest BCUT2D eigenvalue weighted by molar-refractivity contribution is -0.138. The molecule has 0 spiro atoms. The van der Waals surface area contributed by atoms with Gasteiger partial charge in [0, 0.05) is 19.2 Å². The summed E-state index contributed by atoms with van der Waals surface area (Å²) in [4.78, 5) is 36.4. The van der Waals surface area contributed by atoms with Crippen molar-refractivity contribution >= 4 is 46.6 Å². The zero-order valence-corrected chi connectivity index (χ0v) is 16.4. The molecule has 2 aromatic rings. The van der Waals surface area contributed by atoms with Gasteiger partial charge in [0.1, 0.15) is 10.8 Å². The molecule has 0 aliphatic carbocycles. The fourth-order valence-electron chi connectivity index (χ4n) is 3.39. The first-order valence-corrected chi connectivity index (χ1v) is 9.31. The Hall–Kier alpha value is -2.31. The minimum Gasteiger partial charge on any atom is -0.329 e. The van der Waals surface area contributed by atoms with E-state index >= 15 is 0 Å². The highest BCUT2D eigenvalue weighted by Crippen LogP contribution is 2.36. The molecule has 3 rings (SSSR count). The predicted octanol–water partition coefficient (Wildman–Crippen LogP) is 3.67. The Balaban J connectivity index is 1.81. The van der Waals surface area contributed by atoms with Crippen molar-refractivity contribution in [2.24, 2.45) is 7.05 Å². The average Bonchev–Trinajstić information content (AvgIpc) is 2.91. The molecular formula is C19H19Cl2N3O3. The number of halogens is 2. The minimum absolute atomic E-state index is 0.243. The maximum Gasteiger partial charge on any atom is 0.272 e. The normalized spacial score (nSPS) is 19.7. The number of piperidine rings is 1. The molecule has 1 aromatic carbocycles. The van der Waals surface area contributed by atoms with Gasteiger partial charge in [-0.05, 0) is 36.6 Å². The van der Waals surface area contributed by atoms with Gasteiger partial charge in [0.2, 0.25) is 11.8 Å². The summed E-state index contributed by atoms with van der Waals surface area (Å²) < 4.78 is 1.50. The van der Waals surface area contributed by atoms with Gasteiger partial charge in [-0.1, -0.05) is 42.3 Å². The summed E-state index contributed by atoms with van der Waals surface area (Å²) in [6.07, 6.45) is 1.37.